The van der Waals surface area contributed by atoms with Gasteiger partial charge < -0.3 is 10.4 Å². The van der Waals surface area contributed by atoms with Gasteiger partial charge in [0.25, 0.3) is 0 Å². The van der Waals surface area contributed by atoms with Gasteiger partial charge in [-0.2, -0.15) is 0 Å². The van der Waals surface area contributed by atoms with Crippen molar-refractivity contribution in [3.8, 4) is 0 Å². The van der Waals surface area contributed by atoms with Gasteiger partial charge in [0.15, 0.2) is 0 Å². The highest BCUT2D eigenvalue weighted by Crippen LogP contribution is 2.07. The van der Waals surface area contributed by atoms with E-state index in [0.29, 0.717) is 0 Å². The molecule has 0 bridgehead atoms. The molecule has 2 heterocycles. The third-order valence-electron chi connectivity index (χ3n) is 2.87. The molecule has 1 fully saturated rings. The van der Waals surface area contributed by atoms with Crippen LogP contribution >= 0.6 is 0 Å². The number of carboxylic acids is 1. The van der Waals surface area contributed by atoms with Crippen LogP contribution in [0.1, 0.15) is 12.1 Å². The van der Waals surface area contributed by atoms with Crippen molar-refractivity contribution in [3.05, 3.63) is 30.1 Å². The normalized spacial score (nSPS) is 21.3. The Bertz CT molecular complexity index is 369. The molecule has 0 radical (unpaired) electrons. The number of pyridine rings is 1. The number of carboxylic acid groups (broad SMARTS) is 1. The van der Waals surface area contributed by atoms with E-state index in [1.807, 2.05) is 18.2 Å². The van der Waals surface area contributed by atoms with Gasteiger partial charge in [0.05, 0.1) is 12.1 Å². The Kier molecular flexibility index (Phi) is 4.06. The SMILES string of the molecule is O=C(O)CC1CN(Cc2ccccn2)CCN1. The fraction of sp³-hybridized carbons (Fsp3) is 0.500. The molecule has 0 saturated carbocycles. The number of rotatable bonds is 4. The summed E-state index contributed by atoms with van der Waals surface area (Å²) in [5.74, 6) is -0.748. The van der Waals surface area contributed by atoms with E-state index in [2.05, 4.69) is 15.2 Å². The fourth-order valence-electron chi connectivity index (χ4n) is 2.11. The molecule has 5 heteroatoms. The van der Waals surface area contributed by atoms with Gasteiger partial charge >= 0.3 is 5.97 Å². The van der Waals surface area contributed by atoms with Crippen molar-refractivity contribution in [1.29, 1.82) is 0 Å². The monoisotopic (exact) mass is 235 g/mol. The van der Waals surface area contributed by atoms with Crippen LogP contribution in [-0.4, -0.2) is 46.6 Å². The average molecular weight is 235 g/mol. The minimum absolute atomic E-state index is 0.0463. The smallest absolute Gasteiger partial charge is 0.304 e. The van der Waals surface area contributed by atoms with E-state index in [9.17, 15) is 4.79 Å². The molecule has 17 heavy (non-hydrogen) atoms. The first-order chi connectivity index (χ1) is 8.24. The molecule has 1 aliphatic heterocycles. The topological polar surface area (TPSA) is 65.5 Å². The number of nitrogens with zero attached hydrogens (tertiary/aromatic N) is 2. The molecule has 1 aromatic rings. The zero-order valence-electron chi connectivity index (χ0n) is 9.67. The predicted molar refractivity (Wildman–Crippen MR) is 63.6 cm³/mol. The Balaban J connectivity index is 1.87. The first kappa shape index (κ1) is 12.0. The number of aromatic nitrogens is 1. The molecule has 92 valence electrons. The molecule has 1 atom stereocenters. The average Bonchev–Trinajstić information content (AvgIpc) is 2.30. The van der Waals surface area contributed by atoms with Gasteiger partial charge in [-0.1, -0.05) is 6.07 Å². The summed E-state index contributed by atoms with van der Waals surface area (Å²) in [5.41, 5.74) is 1.03. The molecule has 2 N–H and O–H groups in total. The van der Waals surface area contributed by atoms with Crippen molar-refractivity contribution in [1.82, 2.24) is 15.2 Å². The lowest BCUT2D eigenvalue weighted by molar-refractivity contribution is -0.137. The maximum Gasteiger partial charge on any atom is 0.304 e. The largest absolute Gasteiger partial charge is 0.481 e. The third kappa shape index (κ3) is 3.80. The highest BCUT2D eigenvalue weighted by Gasteiger charge is 2.21. The molecule has 5 nitrogen and oxygen atoms in total. The van der Waals surface area contributed by atoms with Crippen molar-refractivity contribution in [3.63, 3.8) is 0 Å². The van der Waals surface area contributed by atoms with Crippen molar-refractivity contribution >= 4 is 5.97 Å². The molecule has 0 amide bonds. The van der Waals surface area contributed by atoms with E-state index in [-0.39, 0.29) is 12.5 Å². The van der Waals surface area contributed by atoms with Crippen LogP contribution in [0.15, 0.2) is 24.4 Å². The molecule has 0 spiro atoms. The van der Waals surface area contributed by atoms with Crippen LogP contribution in [-0.2, 0) is 11.3 Å². The fourth-order valence-corrected chi connectivity index (χ4v) is 2.11. The standard InChI is InChI=1S/C12H17N3O2/c16-12(17)7-11-9-15(6-5-14-11)8-10-3-1-2-4-13-10/h1-4,11,14H,5-9H2,(H,16,17). The molecule has 1 saturated heterocycles. The molecule has 1 aliphatic rings. The lowest BCUT2D eigenvalue weighted by Gasteiger charge is -2.32. The molecular weight excluding hydrogens is 218 g/mol. The first-order valence-electron chi connectivity index (χ1n) is 5.81. The number of hydrogen-bond donors (Lipinski definition) is 2. The summed E-state index contributed by atoms with van der Waals surface area (Å²) in [6, 6.07) is 5.91. The molecule has 1 unspecified atom stereocenters. The van der Waals surface area contributed by atoms with Crippen molar-refractivity contribution in [2.45, 2.75) is 19.0 Å². The van der Waals surface area contributed by atoms with Crippen LogP contribution in [0.5, 0.6) is 0 Å². The number of piperazine rings is 1. The van der Waals surface area contributed by atoms with Crippen molar-refractivity contribution in [2.75, 3.05) is 19.6 Å². The van der Waals surface area contributed by atoms with Gasteiger partial charge in [0.2, 0.25) is 0 Å². The quantitative estimate of drug-likeness (QED) is 0.787. The van der Waals surface area contributed by atoms with E-state index < -0.39 is 5.97 Å². The Morgan fingerprint density at radius 2 is 2.47 bits per heavy atom. The number of hydrogen-bond acceptors (Lipinski definition) is 4. The van der Waals surface area contributed by atoms with E-state index >= 15 is 0 Å². The third-order valence-corrected chi connectivity index (χ3v) is 2.87. The van der Waals surface area contributed by atoms with Gasteiger partial charge in [0.1, 0.15) is 0 Å². The first-order valence-corrected chi connectivity index (χ1v) is 5.81. The number of carbonyl (C=O) groups is 1. The van der Waals surface area contributed by atoms with Crippen LogP contribution in [0.25, 0.3) is 0 Å². The van der Waals surface area contributed by atoms with Gasteiger partial charge in [0, 0.05) is 38.4 Å². The molecule has 2 rings (SSSR count). The number of aliphatic carboxylic acids is 1. The lowest BCUT2D eigenvalue weighted by Crippen LogP contribution is -2.50. The van der Waals surface area contributed by atoms with Crippen LogP contribution < -0.4 is 5.32 Å². The van der Waals surface area contributed by atoms with Gasteiger partial charge in [-0.05, 0) is 12.1 Å². The minimum atomic E-state index is -0.748. The molecule has 0 aliphatic carbocycles. The zero-order valence-corrected chi connectivity index (χ0v) is 9.67. The highest BCUT2D eigenvalue weighted by atomic mass is 16.4. The minimum Gasteiger partial charge on any atom is -0.481 e. The number of nitrogens with one attached hydrogen (secondary N) is 1. The molecular formula is C12H17N3O2. The summed E-state index contributed by atoms with van der Waals surface area (Å²) in [5, 5.41) is 12.0. The molecule has 1 aromatic heterocycles. The Hall–Kier alpha value is -1.46. The maximum atomic E-state index is 10.7. The van der Waals surface area contributed by atoms with Gasteiger partial charge in [-0.15, -0.1) is 0 Å². The van der Waals surface area contributed by atoms with Crippen LogP contribution in [0.3, 0.4) is 0 Å². The predicted octanol–water partition coefficient (Wildman–Crippen LogP) is 0.330. The lowest BCUT2D eigenvalue weighted by atomic mass is 10.1. The summed E-state index contributed by atoms with van der Waals surface area (Å²) >= 11 is 0. The van der Waals surface area contributed by atoms with Crippen molar-refractivity contribution in [2.24, 2.45) is 0 Å². The summed E-state index contributed by atoms with van der Waals surface area (Å²) in [6.45, 7) is 3.33. The van der Waals surface area contributed by atoms with E-state index in [1.54, 1.807) is 6.20 Å². The second kappa shape index (κ2) is 5.75. The summed E-state index contributed by atoms with van der Waals surface area (Å²) in [6.07, 6.45) is 1.96. The van der Waals surface area contributed by atoms with Gasteiger partial charge in [-0.25, -0.2) is 0 Å². The second-order valence-electron chi connectivity index (χ2n) is 4.31. The Morgan fingerprint density at radius 3 is 3.18 bits per heavy atom. The zero-order chi connectivity index (χ0) is 12.1. The Labute approximate surface area is 100 Å². The molecule has 0 aromatic carbocycles. The second-order valence-corrected chi connectivity index (χ2v) is 4.31. The van der Waals surface area contributed by atoms with Crippen molar-refractivity contribution < 1.29 is 9.90 Å². The summed E-state index contributed by atoms with van der Waals surface area (Å²) in [7, 11) is 0. The van der Waals surface area contributed by atoms with Crippen LogP contribution in [0.2, 0.25) is 0 Å². The van der Waals surface area contributed by atoms with E-state index in [0.717, 1.165) is 31.9 Å². The van der Waals surface area contributed by atoms with E-state index in [4.69, 9.17) is 5.11 Å². The van der Waals surface area contributed by atoms with E-state index in [1.165, 1.54) is 0 Å². The highest BCUT2D eigenvalue weighted by molar-refractivity contribution is 5.67. The maximum absolute atomic E-state index is 10.7. The van der Waals surface area contributed by atoms with Gasteiger partial charge in [-0.3, -0.25) is 14.7 Å². The summed E-state index contributed by atoms with van der Waals surface area (Å²) < 4.78 is 0. The van der Waals surface area contributed by atoms with Crippen LogP contribution in [0, 0.1) is 0 Å². The Morgan fingerprint density at radius 1 is 1.59 bits per heavy atom. The summed E-state index contributed by atoms with van der Waals surface area (Å²) in [4.78, 5) is 17.2. The van der Waals surface area contributed by atoms with Crippen LogP contribution in [0.4, 0.5) is 0 Å².